The molecule has 0 bridgehead atoms. The van der Waals surface area contributed by atoms with Crippen molar-refractivity contribution in [1.82, 2.24) is 5.32 Å². The Morgan fingerprint density at radius 3 is 2.65 bits per heavy atom. The largest absolute Gasteiger partial charge is 0.356 e. The molecule has 1 amide bonds. The molecule has 112 valence electrons. The fourth-order valence-corrected chi connectivity index (χ4v) is 2.69. The molecule has 0 aliphatic carbocycles. The lowest BCUT2D eigenvalue weighted by Gasteiger charge is -2.11. The van der Waals surface area contributed by atoms with Crippen LogP contribution in [0.1, 0.15) is 70.6 Å². The zero-order valence-corrected chi connectivity index (χ0v) is 12.5. The Balaban J connectivity index is 2.04. The van der Waals surface area contributed by atoms with Crippen LogP contribution < -0.4 is 5.32 Å². The van der Waals surface area contributed by atoms with Crippen LogP contribution >= 0.6 is 0 Å². The van der Waals surface area contributed by atoms with Gasteiger partial charge in [-0.2, -0.15) is 0 Å². The summed E-state index contributed by atoms with van der Waals surface area (Å²) < 4.78 is 0. The second-order valence-corrected chi connectivity index (χ2v) is 5.68. The van der Waals surface area contributed by atoms with E-state index in [1.165, 1.54) is 19.3 Å². The molecule has 0 aromatic carbocycles. The van der Waals surface area contributed by atoms with Crippen molar-refractivity contribution >= 4 is 11.7 Å². The van der Waals surface area contributed by atoms with Crippen LogP contribution in [-0.2, 0) is 9.59 Å². The van der Waals surface area contributed by atoms with Crippen molar-refractivity contribution in [2.45, 2.75) is 70.6 Å². The van der Waals surface area contributed by atoms with E-state index >= 15 is 0 Å². The Hall–Kier alpha value is -1.30. The van der Waals surface area contributed by atoms with Crippen molar-refractivity contribution in [2.75, 3.05) is 6.54 Å². The van der Waals surface area contributed by atoms with Crippen LogP contribution in [0.2, 0.25) is 0 Å². The van der Waals surface area contributed by atoms with Crippen LogP contribution in [0.3, 0.4) is 0 Å². The number of carbonyl (C=O) groups excluding carboxylic acids is 2. The maximum absolute atomic E-state index is 12.1. The van der Waals surface area contributed by atoms with Gasteiger partial charge in [-0.3, -0.25) is 9.59 Å². The fraction of sp³-hybridized carbons (Fsp3) is 0.765. The number of nitrogens with one attached hydrogen (secondary N) is 1. The van der Waals surface area contributed by atoms with Crippen LogP contribution in [0.5, 0.6) is 0 Å². The van der Waals surface area contributed by atoms with Gasteiger partial charge in [-0.15, -0.1) is 12.3 Å². The number of hydrogen-bond acceptors (Lipinski definition) is 2. The van der Waals surface area contributed by atoms with Crippen molar-refractivity contribution < 1.29 is 9.59 Å². The summed E-state index contributed by atoms with van der Waals surface area (Å²) in [6, 6.07) is 0. The minimum absolute atomic E-state index is 0.0341. The van der Waals surface area contributed by atoms with E-state index in [9.17, 15) is 9.59 Å². The van der Waals surface area contributed by atoms with Crippen molar-refractivity contribution in [3.05, 3.63) is 0 Å². The minimum atomic E-state index is -0.0341. The number of terminal acetylenes is 1. The van der Waals surface area contributed by atoms with E-state index in [-0.39, 0.29) is 17.6 Å². The second-order valence-electron chi connectivity index (χ2n) is 5.68. The molecule has 0 saturated carbocycles. The first-order valence-corrected chi connectivity index (χ1v) is 7.97. The van der Waals surface area contributed by atoms with E-state index in [4.69, 9.17) is 6.42 Å². The molecule has 1 N–H and O–H groups in total. The van der Waals surface area contributed by atoms with Crippen LogP contribution in [-0.4, -0.2) is 18.2 Å². The van der Waals surface area contributed by atoms with Crippen molar-refractivity contribution in [2.24, 2.45) is 5.92 Å². The number of carbonyl (C=O) groups is 2. The summed E-state index contributed by atoms with van der Waals surface area (Å²) in [4.78, 5) is 23.5. The van der Waals surface area contributed by atoms with Gasteiger partial charge in [0, 0.05) is 31.7 Å². The smallest absolute Gasteiger partial charge is 0.220 e. The van der Waals surface area contributed by atoms with E-state index in [0.717, 1.165) is 45.1 Å². The Morgan fingerprint density at radius 1 is 1.20 bits per heavy atom. The van der Waals surface area contributed by atoms with Crippen molar-refractivity contribution in [3.63, 3.8) is 0 Å². The van der Waals surface area contributed by atoms with Crippen LogP contribution in [0.15, 0.2) is 0 Å². The number of unbranched alkanes of at least 4 members (excludes halogenated alkanes) is 6. The molecule has 20 heavy (non-hydrogen) atoms. The minimum Gasteiger partial charge on any atom is -0.356 e. The Bertz CT molecular complexity index is 343. The first-order chi connectivity index (χ1) is 9.74. The van der Waals surface area contributed by atoms with E-state index in [1.54, 1.807) is 0 Å². The van der Waals surface area contributed by atoms with E-state index < -0.39 is 0 Å². The standard InChI is InChI=1S/C17H27NO2/c1-2-3-4-5-6-7-8-9-12-16(19)15-11-10-13-18-17(20)14-15/h1,15H,3-14H2,(H,18,20)/t15-/m0/s1. The predicted molar refractivity (Wildman–Crippen MR) is 81.1 cm³/mol. The topological polar surface area (TPSA) is 46.2 Å². The zero-order chi connectivity index (χ0) is 14.6. The number of Topliss-reactive ketones (excluding diaryl/α,β-unsaturated/α-hetero) is 1. The first-order valence-electron chi connectivity index (χ1n) is 7.97. The third-order valence-corrected chi connectivity index (χ3v) is 3.93. The molecule has 1 atom stereocenters. The molecular weight excluding hydrogens is 250 g/mol. The van der Waals surface area contributed by atoms with Crippen LogP contribution in [0, 0.1) is 18.3 Å². The predicted octanol–water partition coefficient (Wildman–Crippen LogP) is 3.23. The molecule has 0 aromatic rings. The lowest BCUT2D eigenvalue weighted by molar-refractivity contribution is -0.128. The quantitative estimate of drug-likeness (QED) is 0.519. The Kier molecular flexibility index (Phi) is 8.78. The van der Waals surface area contributed by atoms with Crippen molar-refractivity contribution in [3.8, 4) is 12.3 Å². The highest BCUT2D eigenvalue weighted by atomic mass is 16.2. The summed E-state index contributed by atoms with van der Waals surface area (Å²) in [5, 5.41) is 2.82. The molecule has 1 heterocycles. The molecule has 0 aromatic heterocycles. The van der Waals surface area contributed by atoms with E-state index in [0.29, 0.717) is 12.8 Å². The summed E-state index contributed by atoms with van der Waals surface area (Å²) in [7, 11) is 0. The summed E-state index contributed by atoms with van der Waals surface area (Å²) in [6.07, 6.45) is 15.7. The van der Waals surface area contributed by atoms with Gasteiger partial charge in [0.25, 0.3) is 0 Å². The maximum atomic E-state index is 12.1. The number of amides is 1. The molecule has 1 rings (SSSR count). The van der Waals surface area contributed by atoms with Gasteiger partial charge in [-0.25, -0.2) is 0 Å². The highest BCUT2D eigenvalue weighted by Crippen LogP contribution is 2.19. The monoisotopic (exact) mass is 277 g/mol. The third kappa shape index (κ3) is 7.33. The van der Waals surface area contributed by atoms with Gasteiger partial charge in [-0.1, -0.05) is 25.7 Å². The highest BCUT2D eigenvalue weighted by molar-refractivity contribution is 5.87. The second kappa shape index (κ2) is 10.5. The molecular formula is C17H27NO2. The fourth-order valence-electron chi connectivity index (χ4n) is 2.69. The van der Waals surface area contributed by atoms with Gasteiger partial charge in [0.05, 0.1) is 0 Å². The summed E-state index contributed by atoms with van der Waals surface area (Å²) >= 11 is 0. The van der Waals surface area contributed by atoms with Gasteiger partial charge < -0.3 is 5.32 Å². The maximum Gasteiger partial charge on any atom is 0.220 e. The lowest BCUT2D eigenvalue weighted by atomic mass is 9.92. The van der Waals surface area contributed by atoms with E-state index in [2.05, 4.69) is 11.2 Å². The molecule has 1 saturated heterocycles. The van der Waals surface area contributed by atoms with Gasteiger partial charge in [0.15, 0.2) is 0 Å². The van der Waals surface area contributed by atoms with Gasteiger partial charge in [0.2, 0.25) is 5.91 Å². The average Bonchev–Trinajstić information content (AvgIpc) is 2.66. The van der Waals surface area contributed by atoms with Gasteiger partial charge in [0.1, 0.15) is 5.78 Å². The average molecular weight is 277 g/mol. The van der Waals surface area contributed by atoms with Crippen LogP contribution in [0.4, 0.5) is 0 Å². The highest BCUT2D eigenvalue weighted by Gasteiger charge is 2.23. The Labute approximate surface area is 122 Å². The summed E-state index contributed by atoms with van der Waals surface area (Å²) in [5.74, 6) is 2.94. The third-order valence-electron chi connectivity index (χ3n) is 3.93. The van der Waals surface area contributed by atoms with E-state index in [1.807, 2.05) is 0 Å². The molecule has 0 radical (unpaired) electrons. The zero-order valence-electron chi connectivity index (χ0n) is 12.5. The summed E-state index contributed by atoms with van der Waals surface area (Å²) in [6.45, 7) is 0.722. The Morgan fingerprint density at radius 2 is 1.90 bits per heavy atom. The van der Waals surface area contributed by atoms with Gasteiger partial charge >= 0.3 is 0 Å². The number of ketones is 1. The summed E-state index contributed by atoms with van der Waals surface area (Å²) in [5.41, 5.74) is 0. The first kappa shape index (κ1) is 16.8. The molecule has 1 aliphatic rings. The van der Waals surface area contributed by atoms with Gasteiger partial charge in [-0.05, 0) is 25.7 Å². The molecule has 1 fully saturated rings. The van der Waals surface area contributed by atoms with Crippen molar-refractivity contribution in [1.29, 1.82) is 0 Å². The molecule has 0 spiro atoms. The molecule has 3 nitrogen and oxygen atoms in total. The number of hydrogen-bond donors (Lipinski definition) is 1. The molecule has 1 aliphatic heterocycles. The normalized spacial score (nSPS) is 18.9. The SMILES string of the molecule is C#CCCCCCCCCC(=O)[C@H]1CCCNC(=O)C1. The number of rotatable bonds is 9. The lowest BCUT2D eigenvalue weighted by Crippen LogP contribution is -2.24. The molecule has 3 heteroatoms. The molecule has 0 unspecified atom stereocenters. The van der Waals surface area contributed by atoms with Crippen LogP contribution in [0.25, 0.3) is 0 Å².